The van der Waals surface area contributed by atoms with Crippen LogP contribution in [0.3, 0.4) is 0 Å². The first-order valence-corrected chi connectivity index (χ1v) is 13.7. The lowest BCUT2D eigenvalue weighted by Crippen LogP contribution is -2.63. The Balaban J connectivity index is 1.61. The van der Waals surface area contributed by atoms with E-state index in [0.717, 1.165) is 38.0 Å². The van der Waals surface area contributed by atoms with Crippen LogP contribution >= 0.6 is 0 Å². The molecule has 33 heavy (non-hydrogen) atoms. The molecule has 5 rings (SSSR count). The first-order chi connectivity index (χ1) is 15.3. The lowest BCUT2D eigenvalue weighted by atomic mass is 9.34. The van der Waals surface area contributed by atoms with Crippen molar-refractivity contribution in [1.29, 1.82) is 0 Å². The van der Waals surface area contributed by atoms with E-state index in [9.17, 15) is 4.79 Å². The van der Waals surface area contributed by atoms with Gasteiger partial charge in [-0.3, -0.25) is 4.79 Å². The van der Waals surface area contributed by atoms with Gasteiger partial charge in [-0.25, -0.2) is 0 Å². The second-order valence-electron chi connectivity index (χ2n) is 14.8. The summed E-state index contributed by atoms with van der Waals surface area (Å²) in [6, 6.07) is 0. The maximum absolute atomic E-state index is 13.3. The zero-order chi connectivity index (χ0) is 24.1. The number of allylic oxidation sites excluding steroid dienone is 4. The standard InChI is InChI=1S/C31H48O2/c1-26(2)16-18-31(25(32)33-8)19-17-29(6)21(22(31)20-26)10-11-24-28(5)14-9-13-27(3,4)23(28)12-15-30(24,29)7/h9-10,13,22-24H,11-12,14-20H2,1-8H3/t22?,23-,24+,28-,29+,30+,31?/m0/s1. The molecule has 184 valence electrons. The number of hydrogen-bond donors (Lipinski definition) is 0. The van der Waals surface area contributed by atoms with Crippen LogP contribution in [-0.2, 0) is 9.53 Å². The highest BCUT2D eigenvalue weighted by molar-refractivity contribution is 5.78. The van der Waals surface area contributed by atoms with Gasteiger partial charge in [0.1, 0.15) is 0 Å². The van der Waals surface area contributed by atoms with Crippen LogP contribution in [0.15, 0.2) is 23.8 Å². The Morgan fingerprint density at radius 1 is 0.939 bits per heavy atom. The van der Waals surface area contributed by atoms with Gasteiger partial charge in [0.25, 0.3) is 0 Å². The number of esters is 1. The van der Waals surface area contributed by atoms with Crippen molar-refractivity contribution in [3.8, 4) is 0 Å². The zero-order valence-electron chi connectivity index (χ0n) is 22.6. The van der Waals surface area contributed by atoms with Crippen LogP contribution in [0.1, 0.15) is 106 Å². The molecule has 0 radical (unpaired) electrons. The van der Waals surface area contributed by atoms with E-state index in [1.165, 1.54) is 25.7 Å². The smallest absolute Gasteiger partial charge is 0.312 e. The number of hydrogen-bond acceptors (Lipinski definition) is 2. The Labute approximate surface area is 203 Å². The van der Waals surface area contributed by atoms with E-state index in [1.807, 2.05) is 0 Å². The molecule has 0 heterocycles. The minimum absolute atomic E-state index is 0.0630. The first kappa shape index (κ1) is 23.7. The Morgan fingerprint density at radius 3 is 2.33 bits per heavy atom. The summed E-state index contributed by atoms with van der Waals surface area (Å²) in [5.41, 5.74) is 2.77. The molecule has 0 spiro atoms. The van der Waals surface area contributed by atoms with Gasteiger partial charge in [-0.2, -0.15) is 0 Å². The average Bonchev–Trinajstić information content (AvgIpc) is 2.72. The molecule has 0 aromatic carbocycles. The maximum Gasteiger partial charge on any atom is 0.312 e. The molecular formula is C31H48O2. The van der Waals surface area contributed by atoms with Crippen LogP contribution in [0, 0.1) is 50.2 Å². The van der Waals surface area contributed by atoms with Gasteiger partial charge in [0, 0.05) is 0 Å². The molecule has 0 bridgehead atoms. The van der Waals surface area contributed by atoms with Crippen LogP contribution in [0.2, 0.25) is 0 Å². The second kappa shape index (κ2) is 7.01. The molecule has 0 saturated heterocycles. The van der Waals surface area contributed by atoms with Crippen LogP contribution in [0.5, 0.6) is 0 Å². The second-order valence-corrected chi connectivity index (χ2v) is 14.8. The van der Waals surface area contributed by atoms with Gasteiger partial charge < -0.3 is 4.74 Å². The van der Waals surface area contributed by atoms with Crippen molar-refractivity contribution in [2.45, 2.75) is 106 Å². The van der Waals surface area contributed by atoms with Gasteiger partial charge >= 0.3 is 5.97 Å². The van der Waals surface area contributed by atoms with Crippen LogP contribution in [0.4, 0.5) is 0 Å². The molecule has 2 heteroatoms. The monoisotopic (exact) mass is 452 g/mol. The molecule has 5 aliphatic rings. The van der Waals surface area contributed by atoms with Gasteiger partial charge in [-0.1, -0.05) is 72.3 Å². The molecule has 0 aromatic heterocycles. The number of rotatable bonds is 1. The molecule has 0 aliphatic heterocycles. The molecule has 2 nitrogen and oxygen atoms in total. The molecule has 5 aliphatic carbocycles. The van der Waals surface area contributed by atoms with Crippen molar-refractivity contribution >= 4 is 5.97 Å². The van der Waals surface area contributed by atoms with E-state index in [0.29, 0.717) is 33.5 Å². The molecule has 0 N–H and O–H groups in total. The summed E-state index contributed by atoms with van der Waals surface area (Å²) < 4.78 is 5.50. The summed E-state index contributed by atoms with van der Waals surface area (Å²) in [5, 5.41) is 0. The van der Waals surface area contributed by atoms with Gasteiger partial charge in [0.05, 0.1) is 12.5 Å². The first-order valence-electron chi connectivity index (χ1n) is 13.7. The third-order valence-corrected chi connectivity index (χ3v) is 12.5. The predicted octanol–water partition coefficient (Wildman–Crippen LogP) is 8.13. The third-order valence-electron chi connectivity index (χ3n) is 12.5. The van der Waals surface area contributed by atoms with Crippen molar-refractivity contribution < 1.29 is 9.53 Å². The Hall–Kier alpha value is -1.05. The maximum atomic E-state index is 13.3. The predicted molar refractivity (Wildman–Crippen MR) is 136 cm³/mol. The topological polar surface area (TPSA) is 26.3 Å². The Kier molecular flexibility index (Phi) is 5.03. The molecule has 3 saturated carbocycles. The van der Waals surface area contributed by atoms with Crippen molar-refractivity contribution in [1.82, 2.24) is 0 Å². The summed E-state index contributed by atoms with van der Waals surface area (Å²) in [4.78, 5) is 13.3. The highest BCUT2D eigenvalue weighted by atomic mass is 16.5. The van der Waals surface area contributed by atoms with Gasteiger partial charge in [-0.15, -0.1) is 0 Å². The van der Waals surface area contributed by atoms with E-state index in [4.69, 9.17) is 4.74 Å². The highest BCUT2D eigenvalue weighted by Gasteiger charge is 2.68. The molecule has 3 fully saturated rings. The molecule has 7 atom stereocenters. The largest absolute Gasteiger partial charge is 0.469 e. The van der Waals surface area contributed by atoms with Crippen molar-refractivity contribution in [2.75, 3.05) is 7.11 Å². The number of methoxy groups -OCH3 is 1. The van der Waals surface area contributed by atoms with Crippen molar-refractivity contribution in [2.24, 2.45) is 50.2 Å². The third kappa shape index (κ3) is 2.94. The van der Waals surface area contributed by atoms with Crippen LogP contribution in [0.25, 0.3) is 0 Å². The average molecular weight is 453 g/mol. The quantitative estimate of drug-likeness (QED) is 0.296. The molecular weight excluding hydrogens is 404 g/mol. The minimum atomic E-state index is -0.296. The number of fused-ring (bicyclic) bond motifs is 7. The van der Waals surface area contributed by atoms with E-state index < -0.39 is 0 Å². The number of ether oxygens (including phenoxy) is 1. The van der Waals surface area contributed by atoms with Crippen LogP contribution in [-0.4, -0.2) is 13.1 Å². The Morgan fingerprint density at radius 2 is 1.64 bits per heavy atom. The SMILES string of the molecule is COC(=O)C12CCC(C)(C)CC1C1=CC[C@@H]3[C@@]4(C)CC=CC(C)(C)[C@@H]4CC[C@@]3(C)[C@]1(C)CC2. The normalized spacial score (nSPS) is 49.6. The summed E-state index contributed by atoms with van der Waals surface area (Å²) in [6.07, 6.45) is 18.1. The lowest BCUT2D eigenvalue weighted by Gasteiger charge is -2.70. The summed E-state index contributed by atoms with van der Waals surface area (Å²) in [5.74, 6) is 1.88. The van der Waals surface area contributed by atoms with Gasteiger partial charge in [0.15, 0.2) is 0 Å². The van der Waals surface area contributed by atoms with Crippen LogP contribution < -0.4 is 0 Å². The van der Waals surface area contributed by atoms with Gasteiger partial charge in [-0.05, 0) is 103 Å². The summed E-state index contributed by atoms with van der Waals surface area (Å²) in [6.45, 7) is 17.6. The Bertz CT molecular complexity index is 908. The highest BCUT2D eigenvalue weighted by Crippen LogP contribution is 2.75. The zero-order valence-corrected chi connectivity index (χ0v) is 22.6. The summed E-state index contributed by atoms with van der Waals surface area (Å²) in [7, 11) is 1.61. The van der Waals surface area contributed by atoms with E-state index >= 15 is 0 Å². The fraction of sp³-hybridized carbons (Fsp3) is 0.839. The van der Waals surface area contributed by atoms with E-state index in [-0.39, 0.29) is 16.8 Å². The molecule has 0 aromatic rings. The van der Waals surface area contributed by atoms with Gasteiger partial charge in [0.2, 0.25) is 0 Å². The number of carbonyl (C=O) groups is 1. The minimum Gasteiger partial charge on any atom is -0.469 e. The van der Waals surface area contributed by atoms with E-state index in [2.05, 4.69) is 66.7 Å². The summed E-state index contributed by atoms with van der Waals surface area (Å²) >= 11 is 0. The number of carbonyl (C=O) groups excluding carboxylic acids is 1. The molecule has 2 unspecified atom stereocenters. The fourth-order valence-corrected chi connectivity index (χ4v) is 10.4. The van der Waals surface area contributed by atoms with Crippen molar-refractivity contribution in [3.63, 3.8) is 0 Å². The van der Waals surface area contributed by atoms with E-state index in [1.54, 1.807) is 12.7 Å². The van der Waals surface area contributed by atoms with Crippen molar-refractivity contribution in [3.05, 3.63) is 23.8 Å². The fourth-order valence-electron chi connectivity index (χ4n) is 10.4. The molecule has 0 amide bonds. The lowest BCUT2D eigenvalue weighted by molar-refractivity contribution is -0.180.